The van der Waals surface area contributed by atoms with E-state index in [0.29, 0.717) is 6.61 Å². The molecule has 14 heavy (non-hydrogen) atoms. The average Bonchev–Trinajstić information content (AvgIpc) is 2.11. The normalized spacial score (nSPS) is 31.9. The van der Waals surface area contributed by atoms with E-state index in [0.717, 1.165) is 12.8 Å². The molecule has 1 heterocycles. The van der Waals surface area contributed by atoms with Crippen molar-refractivity contribution in [3.05, 3.63) is 0 Å². The summed E-state index contributed by atoms with van der Waals surface area (Å²) in [6.07, 6.45) is 1.20. The molecule has 1 aliphatic rings. The SMILES string of the molecule is CCO[C@@H]1CC[C@@H](C)OC1O.CNC. The highest BCUT2D eigenvalue weighted by Gasteiger charge is 2.27. The Hall–Kier alpha value is -0.160. The van der Waals surface area contributed by atoms with E-state index in [-0.39, 0.29) is 12.2 Å². The summed E-state index contributed by atoms with van der Waals surface area (Å²) in [6, 6.07) is 0. The molecule has 4 nitrogen and oxygen atoms in total. The maximum atomic E-state index is 9.32. The van der Waals surface area contributed by atoms with Crippen molar-refractivity contribution in [2.45, 2.75) is 45.2 Å². The molecule has 0 aromatic rings. The second-order valence-electron chi connectivity index (χ2n) is 3.41. The molecule has 4 heteroatoms. The maximum absolute atomic E-state index is 9.32. The van der Waals surface area contributed by atoms with Gasteiger partial charge < -0.3 is 19.9 Å². The van der Waals surface area contributed by atoms with Gasteiger partial charge in [0.1, 0.15) is 6.10 Å². The Bertz CT molecular complexity index is 133. The fourth-order valence-corrected chi connectivity index (χ4v) is 1.31. The lowest BCUT2D eigenvalue weighted by atomic mass is 10.1. The summed E-state index contributed by atoms with van der Waals surface area (Å²) in [5, 5.41) is 12.1. The lowest BCUT2D eigenvalue weighted by Gasteiger charge is -2.31. The summed E-state index contributed by atoms with van der Waals surface area (Å²) in [7, 11) is 3.75. The average molecular weight is 205 g/mol. The summed E-state index contributed by atoms with van der Waals surface area (Å²) in [4.78, 5) is 0. The molecule has 0 spiro atoms. The summed E-state index contributed by atoms with van der Waals surface area (Å²) >= 11 is 0. The van der Waals surface area contributed by atoms with Crippen molar-refractivity contribution in [2.24, 2.45) is 0 Å². The monoisotopic (exact) mass is 205 g/mol. The number of rotatable bonds is 2. The zero-order valence-corrected chi connectivity index (χ0v) is 9.62. The molecular formula is C10H23NO3. The van der Waals surface area contributed by atoms with Gasteiger partial charge in [-0.3, -0.25) is 0 Å². The Morgan fingerprint density at radius 3 is 2.43 bits per heavy atom. The molecule has 0 aromatic carbocycles. The van der Waals surface area contributed by atoms with E-state index in [9.17, 15) is 5.11 Å². The second kappa shape index (κ2) is 8.17. The molecule has 0 aliphatic carbocycles. The first-order valence-corrected chi connectivity index (χ1v) is 5.19. The number of ether oxygens (including phenoxy) is 2. The summed E-state index contributed by atoms with van der Waals surface area (Å²) in [5.41, 5.74) is 0. The molecule has 0 bridgehead atoms. The topological polar surface area (TPSA) is 50.7 Å². The van der Waals surface area contributed by atoms with Crippen LogP contribution in [-0.2, 0) is 9.47 Å². The quantitative estimate of drug-likeness (QED) is 0.698. The summed E-state index contributed by atoms with van der Waals surface area (Å²) < 4.78 is 10.5. The van der Waals surface area contributed by atoms with Crippen molar-refractivity contribution >= 4 is 0 Å². The first-order chi connectivity index (χ1) is 6.65. The molecule has 0 saturated carbocycles. The molecule has 1 unspecified atom stereocenters. The highest BCUT2D eigenvalue weighted by molar-refractivity contribution is 4.70. The van der Waals surface area contributed by atoms with Gasteiger partial charge in [0.15, 0.2) is 6.29 Å². The molecule has 1 fully saturated rings. The molecule has 1 rings (SSSR count). The van der Waals surface area contributed by atoms with E-state index in [2.05, 4.69) is 5.32 Å². The Kier molecular flexibility index (Phi) is 8.08. The predicted octanol–water partition coefficient (Wildman–Crippen LogP) is 0.744. The van der Waals surface area contributed by atoms with Gasteiger partial charge in [-0.1, -0.05) is 0 Å². The molecule has 1 saturated heterocycles. The Morgan fingerprint density at radius 2 is 2.00 bits per heavy atom. The minimum atomic E-state index is -0.723. The predicted molar refractivity (Wildman–Crippen MR) is 56.2 cm³/mol. The first kappa shape index (κ1) is 13.8. The van der Waals surface area contributed by atoms with E-state index in [1.165, 1.54) is 0 Å². The van der Waals surface area contributed by atoms with Crippen molar-refractivity contribution in [1.82, 2.24) is 5.32 Å². The molecule has 3 atom stereocenters. The zero-order valence-electron chi connectivity index (χ0n) is 9.62. The first-order valence-electron chi connectivity index (χ1n) is 5.19. The highest BCUT2D eigenvalue weighted by atomic mass is 16.6. The van der Waals surface area contributed by atoms with Crippen LogP contribution in [0.4, 0.5) is 0 Å². The largest absolute Gasteiger partial charge is 0.373 e. The van der Waals surface area contributed by atoms with Gasteiger partial charge in [0, 0.05) is 6.61 Å². The Labute approximate surface area is 86.6 Å². The molecule has 86 valence electrons. The lowest BCUT2D eigenvalue weighted by Crippen LogP contribution is -2.39. The van der Waals surface area contributed by atoms with E-state index in [4.69, 9.17) is 9.47 Å². The second-order valence-corrected chi connectivity index (χ2v) is 3.41. The minimum Gasteiger partial charge on any atom is -0.373 e. The van der Waals surface area contributed by atoms with Crippen molar-refractivity contribution in [3.8, 4) is 0 Å². The van der Waals surface area contributed by atoms with Gasteiger partial charge in [-0.05, 0) is 40.8 Å². The van der Waals surface area contributed by atoms with Crippen LogP contribution >= 0.6 is 0 Å². The van der Waals surface area contributed by atoms with Crippen LogP contribution in [0.2, 0.25) is 0 Å². The molecule has 2 N–H and O–H groups in total. The minimum absolute atomic E-state index is 0.115. The number of nitrogens with one attached hydrogen (secondary N) is 1. The van der Waals surface area contributed by atoms with Gasteiger partial charge in [-0.25, -0.2) is 0 Å². The van der Waals surface area contributed by atoms with Crippen molar-refractivity contribution < 1.29 is 14.6 Å². The number of hydrogen-bond acceptors (Lipinski definition) is 4. The van der Waals surface area contributed by atoms with Crippen LogP contribution in [0, 0.1) is 0 Å². The number of aliphatic hydroxyl groups excluding tert-OH is 1. The summed E-state index contributed by atoms with van der Waals surface area (Å²) in [6.45, 7) is 4.52. The van der Waals surface area contributed by atoms with E-state index < -0.39 is 6.29 Å². The molecule has 0 aromatic heterocycles. The van der Waals surface area contributed by atoms with Gasteiger partial charge in [-0.15, -0.1) is 0 Å². The van der Waals surface area contributed by atoms with Crippen LogP contribution in [-0.4, -0.2) is 44.3 Å². The van der Waals surface area contributed by atoms with Crippen LogP contribution in [0.5, 0.6) is 0 Å². The lowest BCUT2D eigenvalue weighted by molar-refractivity contribution is -0.223. The third-order valence-corrected chi connectivity index (χ3v) is 1.93. The van der Waals surface area contributed by atoms with Crippen LogP contribution in [0.25, 0.3) is 0 Å². The summed E-state index contributed by atoms with van der Waals surface area (Å²) in [5.74, 6) is 0. The highest BCUT2D eigenvalue weighted by Crippen LogP contribution is 2.19. The fraction of sp³-hybridized carbons (Fsp3) is 1.00. The Balaban J connectivity index is 0.000000500. The van der Waals surface area contributed by atoms with Crippen molar-refractivity contribution in [1.29, 1.82) is 0 Å². The van der Waals surface area contributed by atoms with E-state index in [1.807, 2.05) is 27.9 Å². The smallest absolute Gasteiger partial charge is 0.181 e. The van der Waals surface area contributed by atoms with Crippen LogP contribution in [0.1, 0.15) is 26.7 Å². The molecule has 0 amide bonds. The Morgan fingerprint density at radius 1 is 1.43 bits per heavy atom. The fourth-order valence-electron chi connectivity index (χ4n) is 1.31. The van der Waals surface area contributed by atoms with Gasteiger partial charge in [0.05, 0.1) is 6.10 Å². The van der Waals surface area contributed by atoms with E-state index in [1.54, 1.807) is 0 Å². The third-order valence-electron chi connectivity index (χ3n) is 1.93. The third kappa shape index (κ3) is 5.54. The van der Waals surface area contributed by atoms with Gasteiger partial charge in [0.2, 0.25) is 0 Å². The van der Waals surface area contributed by atoms with Crippen molar-refractivity contribution in [2.75, 3.05) is 20.7 Å². The van der Waals surface area contributed by atoms with Crippen LogP contribution < -0.4 is 5.32 Å². The standard InChI is InChI=1S/C8H16O3.C2H7N/c1-3-10-7-5-4-6(2)11-8(7)9;1-3-2/h6-9H,3-5H2,1-2H3;3H,1-2H3/t6-,7-,8?;/m1./s1. The zero-order chi connectivity index (χ0) is 11.0. The molecule has 0 radical (unpaired) electrons. The molecule has 1 aliphatic heterocycles. The van der Waals surface area contributed by atoms with Gasteiger partial charge >= 0.3 is 0 Å². The van der Waals surface area contributed by atoms with Gasteiger partial charge in [-0.2, -0.15) is 0 Å². The number of hydrogen-bond donors (Lipinski definition) is 2. The van der Waals surface area contributed by atoms with Crippen LogP contribution in [0.3, 0.4) is 0 Å². The molecular weight excluding hydrogens is 182 g/mol. The van der Waals surface area contributed by atoms with Gasteiger partial charge in [0.25, 0.3) is 0 Å². The number of aliphatic hydroxyl groups is 1. The van der Waals surface area contributed by atoms with E-state index >= 15 is 0 Å². The maximum Gasteiger partial charge on any atom is 0.181 e. The van der Waals surface area contributed by atoms with Crippen molar-refractivity contribution in [3.63, 3.8) is 0 Å². The van der Waals surface area contributed by atoms with Crippen LogP contribution in [0.15, 0.2) is 0 Å².